The summed E-state index contributed by atoms with van der Waals surface area (Å²) in [7, 11) is 0. The summed E-state index contributed by atoms with van der Waals surface area (Å²) in [5.74, 6) is 0. The lowest BCUT2D eigenvalue weighted by Crippen LogP contribution is -2.02. The Bertz CT molecular complexity index is 714. The second kappa shape index (κ2) is 5.75. The minimum absolute atomic E-state index is 0.793. The van der Waals surface area contributed by atoms with Gasteiger partial charge in [-0.05, 0) is 48.0 Å². The number of aromatic nitrogens is 4. The van der Waals surface area contributed by atoms with E-state index >= 15 is 0 Å². The molecule has 1 aromatic heterocycles. The summed E-state index contributed by atoms with van der Waals surface area (Å²) in [4.78, 5) is 0. The number of hydrogen-bond donors (Lipinski definition) is 1. The third-order valence-electron chi connectivity index (χ3n) is 3.24. The zero-order chi connectivity index (χ0) is 14.7. The van der Waals surface area contributed by atoms with E-state index in [9.17, 15) is 0 Å². The number of nitrogens with zero attached hydrogens (tertiary/aromatic N) is 4. The summed E-state index contributed by atoms with van der Waals surface area (Å²) in [5.41, 5.74) is 5.83. The Labute approximate surface area is 123 Å². The number of hydrogen-bond acceptors (Lipinski definition) is 4. The molecule has 0 amide bonds. The molecule has 5 nitrogen and oxygen atoms in total. The summed E-state index contributed by atoms with van der Waals surface area (Å²) < 4.78 is 1.64. The molecule has 21 heavy (non-hydrogen) atoms. The lowest BCUT2D eigenvalue weighted by Gasteiger charge is -2.09. The zero-order valence-corrected chi connectivity index (χ0v) is 12.1. The van der Waals surface area contributed by atoms with Gasteiger partial charge in [0.25, 0.3) is 0 Å². The first-order valence-corrected chi connectivity index (χ1v) is 6.85. The van der Waals surface area contributed by atoms with Gasteiger partial charge >= 0.3 is 0 Å². The first-order chi connectivity index (χ1) is 10.2. The first kappa shape index (κ1) is 13.3. The van der Waals surface area contributed by atoms with Crippen LogP contribution in [0, 0.1) is 13.8 Å². The zero-order valence-electron chi connectivity index (χ0n) is 12.1. The van der Waals surface area contributed by atoms with Crippen LogP contribution < -0.4 is 5.32 Å². The van der Waals surface area contributed by atoms with Gasteiger partial charge in [-0.1, -0.05) is 35.4 Å². The van der Waals surface area contributed by atoms with Crippen LogP contribution in [0.2, 0.25) is 0 Å². The van der Waals surface area contributed by atoms with E-state index < -0.39 is 0 Å². The third-order valence-corrected chi connectivity index (χ3v) is 3.24. The van der Waals surface area contributed by atoms with E-state index in [4.69, 9.17) is 0 Å². The number of aryl methyl sites for hydroxylation is 2. The molecule has 0 radical (unpaired) electrons. The summed E-state index contributed by atoms with van der Waals surface area (Å²) in [5, 5.41) is 14.6. The number of anilines is 1. The molecule has 0 saturated carbocycles. The normalized spacial score (nSPS) is 10.6. The lowest BCUT2D eigenvalue weighted by molar-refractivity contribution is 0.789. The van der Waals surface area contributed by atoms with Crippen molar-refractivity contribution in [1.82, 2.24) is 20.2 Å². The van der Waals surface area contributed by atoms with Gasteiger partial charge in [-0.3, -0.25) is 0 Å². The van der Waals surface area contributed by atoms with Crippen LogP contribution in [0.25, 0.3) is 5.69 Å². The van der Waals surface area contributed by atoms with Crippen molar-refractivity contribution in [3.8, 4) is 5.69 Å². The minimum Gasteiger partial charge on any atom is -0.381 e. The van der Waals surface area contributed by atoms with Crippen LogP contribution in [0.5, 0.6) is 0 Å². The minimum atomic E-state index is 0.793. The number of benzene rings is 2. The molecular formula is C16H17N5. The fourth-order valence-electron chi connectivity index (χ4n) is 2.41. The highest BCUT2D eigenvalue weighted by molar-refractivity contribution is 5.51. The topological polar surface area (TPSA) is 55.6 Å². The van der Waals surface area contributed by atoms with Crippen LogP contribution in [0.4, 0.5) is 5.69 Å². The summed E-state index contributed by atoms with van der Waals surface area (Å²) >= 11 is 0. The van der Waals surface area contributed by atoms with Crippen molar-refractivity contribution in [2.75, 3.05) is 5.32 Å². The van der Waals surface area contributed by atoms with E-state index in [1.807, 2.05) is 24.3 Å². The van der Waals surface area contributed by atoms with Gasteiger partial charge in [-0.25, -0.2) is 4.68 Å². The standard InChI is InChI=1S/C16H17N5/c1-12-6-13(2)8-14(7-12)10-17-15-4-3-5-16(9-15)21-11-18-19-20-21/h3-9,11,17H,10H2,1-2H3. The molecule has 0 unspecified atom stereocenters. The molecule has 106 valence electrons. The van der Waals surface area contributed by atoms with Crippen LogP contribution in [-0.2, 0) is 6.54 Å². The number of rotatable bonds is 4. The van der Waals surface area contributed by atoms with Crippen LogP contribution >= 0.6 is 0 Å². The fourth-order valence-corrected chi connectivity index (χ4v) is 2.41. The Morgan fingerprint density at radius 3 is 2.57 bits per heavy atom. The Hall–Kier alpha value is -2.69. The Balaban J connectivity index is 1.75. The van der Waals surface area contributed by atoms with Crippen molar-refractivity contribution in [3.63, 3.8) is 0 Å². The van der Waals surface area contributed by atoms with Gasteiger partial charge in [0.15, 0.2) is 0 Å². The molecule has 5 heteroatoms. The molecule has 0 fully saturated rings. The van der Waals surface area contributed by atoms with Gasteiger partial charge in [0.2, 0.25) is 0 Å². The molecule has 0 bridgehead atoms. The molecule has 0 saturated heterocycles. The highest BCUT2D eigenvalue weighted by Crippen LogP contribution is 2.15. The van der Waals surface area contributed by atoms with Crippen LogP contribution in [0.3, 0.4) is 0 Å². The first-order valence-electron chi connectivity index (χ1n) is 6.85. The number of nitrogens with one attached hydrogen (secondary N) is 1. The van der Waals surface area contributed by atoms with Gasteiger partial charge in [-0.2, -0.15) is 0 Å². The molecule has 0 aliphatic heterocycles. The maximum Gasteiger partial charge on any atom is 0.143 e. The fraction of sp³-hybridized carbons (Fsp3) is 0.188. The maximum atomic E-state index is 3.90. The van der Waals surface area contributed by atoms with Crippen LogP contribution in [-0.4, -0.2) is 20.2 Å². The average molecular weight is 279 g/mol. The Morgan fingerprint density at radius 2 is 1.86 bits per heavy atom. The highest BCUT2D eigenvalue weighted by Gasteiger charge is 2.01. The van der Waals surface area contributed by atoms with Crippen LogP contribution in [0.15, 0.2) is 48.8 Å². The predicted molar refractivity (Wildman–Crippen MR) is 82.4 cm³/mol. The van der Waals surface area contributed by atoms with Crippen molar-refractivity contribution in [1.29, 1.82) is 0 Å². The molecule has 2 aromatic carbocycles. The molecule has 3 aromatic rings. The summed E-state index contributed by atoms with van der Waals surface area (Å²) in [6.07, 6.45) is 1.59. The van der Waals surface area contributed by atoms with Crippen molar-refractivity contribution in [3.05, 3.63) is 65.5 Å². The van der Waals surface area contributed by atoms with Crippen molar-refractivity contribution in [2.45, 2.75) is 20.4 Å². The van der Waals surface area contributed by atoms with Crippen molar-refractivity contribution >= 4 is 5.69 Å². The van der Waals surface area contributed by atoms with E-state index in [2.05, 4.69) is 52.9 Å². The average Bonchev–Trinajstić information content (AvgIpc) is 2.99. The largest absolute Gasteiger partial charge is 0.381 e. The Kier molecular flexibility index (Phi) is 3.64. The molecular weight excluding hydrogens is 262 g/mol. The van der Waals surface area contributed by atoms with Gasteiger partial charge in [0, 0.05) is 12.2 Å². The second-order valence-corrected chi connectivity index (χ2v) is 5.15. The number of tetrazole rings is 1. The molecule has 0 atom stereocenters. The monoisotopic (exact) mass is 279 g/mol. The molecule has 0 spiro atoms. The third kappa shape index (κ3) is 3.25. The van der Waals surface area contributed by atoms with Crippen molar-refractivity contribution in [2.24, 2.45) is 0 Å². The molecule has 3 rings (SSSR count). The van der Waals surface area contributed by atoms with E-state index in [0.717, 1.165) is 17.9 Å². The molecule has 1 N–H and O–H groups in total. The molecule has 1 heterocycles. The van der Waals surface area contributed by atoms with Gasteiger partial charge < -0.3 is 5.32 Å². The lowest BCUT2D eigenvalue weighted by atomic mass is 10.1. The summed E-state index contributed by atoms with van der Waals surface area (Å²) in [6.45, 7) is 5.03. The molecule has 0 aliphatic rings. The highest BCUT2D eigenvalue weighted by atomic mass is 15.5. The van der Waals surface area contributed by atoms with E-state index in [0.29, 0.717) is 0 Å². The van der Waals surface area contributed by atoms with E-state index in [-0.39, 0.29) is 0 Å². The Morgan fingerprint density at radius 1 is 1.05 bits per heavy atom. The molecule has 0 aliphatic carbocycles. The predicted octanol–water partition coefficient (Wildman–Crippen LogP) is 2.89. The summed E-state index contributed by atoms with van der Waals surface area (Å²) in [6, 6.07) is 14.6. The van der Waals surface area contributed by atoms with E-state index in [1.165, 1.54) is 16.7 Å². The second-order valence-electron chi connectivity index (χ2n) is 5.15. The smallest absolute Gasteiger partial charge is 0.143 e. The van der Waals surface area contributed by atoms with Crippen molar-refractivity contribution < 1.29 is 0 Å². The van der Waals surface area contributed by atoms with Crippen LogP contribution in [0.1, 0.15) is 16.7 Å². The van der Waals surface area contributed by atoms with Gasteiger partial charge in [0.1, 0.15) is 6.33 Å². The SMILES string of the molecule is Cc1cc(C)cc(CNc2cccc(-n3cnnn3)c2)c1. The van der Waals surface area contributed by atoms with Gasteiger partial charge in [0.05, 0.1) is 5.69 Å². The van der Waals surface area contributed by atoms with Gasteiger partial charge in [-0.15, -0.1) is 5.10 Å². The van der Waals surface area contributed by atoms with E-state index in [1.54, 1.807) is 11.0 Å². The quantitative estimate of drug-likeness (QED) is 0.798. The maximum absolute atomic E-state index is 3.90.